The van der Waals surface area contributed by atoms with Gasteiger partial charge >= 0.3 is 11.9 Å². The van der Waals surface area contributed by atoms with Gasteiger partial charge in [-0.2, -0.15) is 0 Å². The Morgan fingerprint density at radius 2 is 2.00 bits per heavy atom. The number of carbonyl (C=O) groups is 2. The third-order valence-corrected chi connectivity index (χ3v) is 3.76. The normalized spacial score (nSPS) is 11.1. The maximum absolute atomic E-state index is 13.4. The first-order chi connectivity index (χ1) is 9.76. The highest BCUT2D eigenvalue weighted by atomic mass is 32.2. The number of hydrogen-bond donors (Lipinski definition) is 2. The number of aliphatic carboxylic acids is 1. The lowest BCUT2D eigenvalue weighted by Crippen LogP contribution is -2.26. The van der Waals surface area contributed by atoms with E-state index >= 15 is 0 Å². The molecular weight excluding hydrogens is 305 g/mol. The van der Waals surface area contributed by atoms with Crippen LogP contribution in [0.2, 0.25) is 0 Å². The zero-order valence-corrected chi connectivity index (χ0v) is 11.9. The monoisotopic (exact) mass is 319 g/mol. The first-order valence-corrected chi connectivity index (χ1v) is 7.43. The molecule has 0 radical (unpaired) electrons. The number of hydrogen-bond acceptors (Lipinski definition) is 5. The molecule has 116 valence electrons. The zero-order valence-electron chi connectivity index (χ0n) is 11.1. The summed E-state index contributed by atoms with van der Waals surface area (Å²) in [7, 11) is -4.11. The summed E-state index contributed by atoms with van der Waals surface area (Å²) in [6.07, 6.45) is -0.417. The first-order valence-electron chi connectivity index (χ1n) is 5.95. The summed E-state index contributed by atoms with van der Waals surface area (Å²) in [5, 5.41) is 8.44. The smallest absolute Gasteiger partial charge is 0.338 e. The van der Waals surface area contributed by atoms with E-state index < -0.39 is 39.1 Å². The molecule has 0 aliphatic rings. The van der Waals surface area contributed by atoms with Crippen molar-refractivity contribution in [3.63, 3.8) is 0 Å². The van der Waals surface area contributed by atoms with E-state index in [-0.39, 0.29) is 18.7 Å². The number of rotatable bonds is 7. The Morgan fingerprint density at radius 3 is 2.57 bits per heavy atom. The lowest BCUT2D eigenvalue weighted by molar-refractivity contribution is -0.136. The van der Waals surface area contributed by atoms with Crippen molar-refractivity contribution in [3.8, 4) is 0 Å². The van der Waals surface area contributed by atoms with E-state index in [4.69, 9.17) is 5.11 Å². The van der Waals surface area contributed by atoms with E-state index in [1.54, 1.807) is 6.92 Å². The molecule has 1 aromatic rings. The van der Waals surface area contributed by atoms with Crippen molar-refractivity contribution >= 4 is 22.0 Å². The zero-order chi connectivity index (χ0) is 16.0. The molecule has 0 saturated carbocycles. The van der Waals surface area contributed by atoms with Gasteiger partial charge in [0.05, 0.1) is 23.5 Å². The molecule has 0 heterocycles. The predicted octanol–water partition coefficient (Wildman–Crippen LogP) is 0.755. The van der Waals surface area contributed by atoms with E-state index in [2.05, 4.69) is 4.74 Å². The number of carboxylic acid groups (broad SMARTS) is 1. The second-order valence-electron chi connectivity index (χ2n) is 3.94. The number of halogens is 1. The molecule has 0 amide bonds. The van der Waals surface area contributed by atoms with Crippen molar-refractivity contribution in [2.45, 2.75) is 18.2 Å². The summed E-state index contributed by atoms with van der Waals surface area (Å²) in [6.45, 7) is 1.28. The van der Waals surface area contributed by atoms with Crippen LogP contribution in [-0.4, -0.2) is 38.6 Å². The van der Waals surface area contributed by atoms with Gasteiger partial charge in [0.2, 0.25) is 10.0 Å². The third-order valence-electron chi connectivity index (χ3n) is 2.32. The largest absolute Gasteiger partial charge is 0.481 e. The molecule has 0 unspecified atom stereocenters. The molecule has 0 bridgehead atoms. The number of carboxylic acids is 1. The SMILES string of the molecule is CCOC(=O)c1cc(F)cc(S(=O)(=O)NCCC(=O)O)c1. The molecule has 2 N–H and O–H groups in total. The Kier molecular flexibility index (Phi) is 5.79. The van der Waals surface area contributed by atoms with Crippen molar-refractivity contribution < 1.29 is 32.2 Å². The van der Waals surface area contributed by atoms with Crippen molar-refractivity contribution in [1.82, 2.24) is 4.72 Å². The topological polar surface area (TPSA) is 110 Å². The summed E-state index contributed by atoms with van der Waals surface area (Å²) < 4.78 is 43.8. The first kappa shape index (κ1) is 17.1. The van der Waals surface area contributed by atoms with Crippen LogP contribution in [0.25, 0.3) is 0 Å². The minimum absolute atomic E-state index is 0.0638. The molecule has 7 nitrogen and oxygen atoms in total. The Morgan fingerprint density at radius 1 is 1.33 bits per heavy atom. The number of sulfonamides is 1. The van der Waals surface area contributed by atoms with Crippen molar-refractivity contribution in [2.75, 3.05) is 13.2 Å². The molecule has 0 aliphatic carbocycles. The van der Waals surface area contributed by atoms with Crippen LogP contribution in [-0.2, 0) is 19.6 Å². The summed E-state index contributed by atoms with van der Waals surface area (Å²) in [4.78, 5) is 21.4. The van der Waals surface area contributed by atoms with Gasteiger partial charge < -0.3 is 9.84 Å². The standard InChI is InChI=1S/C12H14FNO6S/c1-2-20-12(17)8-5-9(13)7-10(6-8)21(18,19)14-4-3-11(15)16/h5-7,14H,2-4H2,1H3,(H,15,16). The Bertz CT molecular complexity index is 643. The minimum Gasteiger partial charge on any atom is -0.481 e. The maximum Gasteiger partial charge on any atom is 0.338 e. The fraction of sp³-hybridized carbons (Fsp3) is 0.333. The highest BCUT2D eigenvalue weighted by molar-refractivity contribution is 7.89. The maximum atomic E-state index is 13.4. The second-order valence-corrected chi connectivity index (χ2v) is 5.70. The summed E-state index contributed by atoms with van der Waals surface area (Å²) >= 11 is 0. The van der Waals surface area contributed by atoms with Crippen molar-refractivity contribution in [3.05, 3.63) is 29.6 Å². The summed E-state index contributed by atoms with van der Waals surface area (Å²) in [5.41, 5.74) is -0.240. The molecule has 21 heavy (non-hydrogen) atoms. The molecule has 1 rings (SSSR count). The Hall–Kier alpha value is -2.00. The molecule has 0 saturated heterocycles. The van der Waals surface area contributed by atoms with Gasteiger partial charge in [0.15, 0.2) is 0 Å². The molecule has 1 aromatic carbocycles. The molecular formula is C12H14FNO6S. The minimum atomic E-state index is -4.11. The van der Waals surface area contributed by atoms with Gasteiger partial charge in [0.25, 0.3) is 0 Å². The Labute approximate surface area is 120 Å². The van der Waals surface area contributed by atoms with E-state index in [1.807, 2.05) is 4.72 Å². The van der Waals surface area contributed by atoms with Crippen LogP contribution in [0.5, 0.6) is 0 Å². The number of ether oxygens (including phenoxy) is 1. The molecule has 9 heteroatoms. The highest BCUT2D eigenvalue weighted by Crippen LogP contribution is 2.15. The van der Waals surface area contributed by atoms with Gasteiger partial charge in [-0.25, -0.2) is 22.3 Å². The quantitative estimate of drug-likeness (QED) is 0.718. The van der Waals surface area contributed by atoms with Gasteiger partial charge in [-0.15, -0.1) is 0 Å². The van der Waals surface area contributed by atoms with Gasteiger partial charge in [-0.1, -0.05) is 0 Å². The van der Waals surface area contributed by atoms with E-state index in [0.717, 1.165) is 18.2 Å². The molecule has 0 aliphatic heterocycles. The van der Waals surface area contributed by atoms with E-state index in [1.165, 1.54) is 0 Å². The van der Waals surface area contributed by atoms with Crippen LogP contribution >= 0.6 is 0 Å². The summed E-state index contributed by atoms with van der Waals surface area (Å²) in [5.74, 6) is -2.94. The van der Waals surface area contributed by atoms with Crippen LogP contribution in [0.1, 0.15) is 23.7 Å². The average Bonchev–Trinajstić information content (AvgIpc) is 2.37. The lowest BCUT2D eigenvalue weighted by atomic mass is 10.2. The Balaban J connectivity index is 3.01. The number of nitrogens with one attached hydrogen (secondary N) is 1. The van der Waals surface area contributed by atoms with Gasteiger partial charge in [-0.05, 0) is 25.1 Å². The van der Waals surface area contributed by atoms with Crippen LogP contribution in [0, 0.1) is 5.82 Å². The fourth-order valence-corrected chi connectivity index (χ4v) is 2.51. The summed E-state index contributed by atoms with van der Waals surface area (Å²) in [6, 6.07) is 2.55. The van der Waals surface area contributed by atoms with Gasteiger partial charge in [-0.3, -0.25) is 4.79 Å². The van der Waals surface area contributed by atoms with Crippen molar-refractivity contribution in [2.24, 2.45) is 0 Å². The highest BCUT2D eigenvalue weighted by Gasteiger charge is 2.19. The number of carbonyl (C=O) groups excluding carboxylic acids is 1. The van der Waals surface area contributed by atoms with Crippen LogP contribution < -0.4 is 4.72 Å². The molecule has 0 atom stereocenters. The van der Waals surface area contributed by atoms with Gasteiger partial charge in [0, 0.05) is 6.54 Å². The van der Waals surface area contributed by atoms with Gasteiger partial charge in [0.1, 0.15) is 5.82 Å². The van der Waals surface area contributed by atoms with Crippen molar-refractivity contribution in [1.29, 1.82) is 0 Å². The van der Waals surface area contributed by atoms with E-state index in [9.17, 15) is 22.4 Å². The average molecular weight is 319 g/mol. The lowest BCUT2D eigenvalue weighted by Gasteiger charge is -2.08. The van der Waals surface area contributed by atoms with Crippen LogP contribution in [0.4, 0.5) is 4.39 Å². The fourth-order valence-electron chi connectivity index (χ4n) is 1.43. The second kappa shape index (κ2) is 7.14. The number of esters is 1. The van der Waals surface area contributed by atoms with Crippen LogP contribution in [0.15, 0.2) is 23.1 Å². The number of benzene rings is 1. The van der Waals surface area contributed by atoms with Crippen LogP contribution in [0.3, 0.4) is 0 Å². The molecule has 0 aromatic heterocycles. The molecule has 0 fully saturated rings. The third kappa shape index (κ3) is 5.12. The predicted molar refractivity (Wildman–Crippen MR) is 69.8 cm³/mol. The molecule has 0 spiro atoms. The van der Waals surface area contributed by atoms with E-state index in [0.29, 0.717) is 0 Å².